The van der Waals surface area contributed by atoms with Gasteiger partial charge in [-0.05, 0) is 31.0 Å². The average molecular weight is 379 g/mol. The Balaban J connectivity index is 1.48. The number of hydrogen-bond acceptors (Lipinski definition) is 7. The summed E-state index contributed by atoms with van der Waals surface area (Å²) >= 11 is 0. The highest BCUT2D eigenvalue weighted by Crippen LogP contribution is 2.24. The smallest absolute Gasteiger partial charge is 0.214 e. The molecule has 7 nitrogen and oxygen atoms in total. The molecule has 0 spiro atoms. The van der Waals surface area contributed by atoms with Crippen molar-refractivity contribution in [2.75, 3.05) is 31.1 Å². The van der Waals surface area contributed by atoms with Crippen molar-refractivity contribution >= 4 is 5.82 Å². The van der Waals surface area contributed by atoms with Gasteiger partial charge in [-0.25, -0.2) is 4.98 Å². The van der Waals surface area contributed by atoms with Crippen LogP contribution in [0.4, 0.5) is 5.82 Å². The lowest BCUT2D eigenvalue weighted by Crippen LogP contribution is -2.53. The highest BCUT2D eigenvalue weighted by atomic mass is 16.5. The number of piperazine rings is 1. The van der Waals surface area contributed by atoms with E-state index in [2.05, 4.69) is 56.1 Å². The molecule has 1 aliphatic heterocycles. The van der Waals surface area contributed by atoms with Crippen molar-refractivity contribution in [2.45, 2.75) is 25.9 Å². The molecule has 1 N–H and O–H groups in total. The number of aryl methyl sites for hydroxylation is 1. The lowest BCUT2D eigenvalue weighted by molar-refractivity contribution is 0.135. The molecule has 28 heavy (non-hydrogen) atoms. The van der Waals surface area contributed by atoms with Gasteiger partial charge in [0.05, 0.1) is 0 Å². The van der Waals surface area contributed by atoms with Crippen LogP contribution in [0.1, 0.15) is 17.5 Å². The van der Waals surface area contributed by atoms with Gasteiger partial charge in [-0.15, -0.1) is 0 Å². The minimum absolute atomic E-state index is 0.180. The first kappa shape index (κ1) is 18.6. The third-order valence-electron chi connectivity index (χ3n) is 5.26. The molecule has 2 aromatic heterocycles. The van der Waals surface area contributed by atoms with Crippen LogP contribution in [0.15, 0.2) is 53.5 Å². The first-order chi connectivity index (χ1) is 13.7. The Morgan fingerprint density at radius 1 is 1.14 bits per heavy atom. The molecule has 4 rings (SSSR count). The van der Waals surface area contributed by atoms with Crippen molar-refractivity contribution in [2.24, 2.45) is 0 Å². The van der Waals surface area contributed by atoms with Crippen molar-refractivity contribution in [1.82, 2.24) is 20.0 Å². The molecule has 0 saturated carbocycles. The van der Waals surface area contributed by atoms with E-state index in [-0.39, 0.29) is 12.6 Å². The van der Waals surface area contributed by atoms with Crippen LogP contribution in [0, 0.1) is 6.92 Å². The zero-order valence-electron chi connectivity index (χ0n) is 16.0. The largest absolute Gasteiger partial charge is 0.396 e. The monoisotopic (exact) mass is 379 g/mol. The summed E-state index contributed by atoms with van der Waals surface area (Å²) in [5.41, 5.74) is 3.46. The van der Waals surface area contributed by atoms with Crippen molar-refractivity contribution in [3.05, 3.63) is 60.1 Å². The predicted molar refractivity (Wildman–Crippen MR) is 107 cm³/mol. The quantitative estimate of drug-likeness (QED) is 0.705. The number of hydrogen-bond donors (Lipinski definition) is 1. The van der Waals surface area contributed by atoms with Crippen LogP contribution in [0.5, 0.6) is 0 Å². The first-order valence-corrected chi connectivity index (χ1v) is 9.61. The zero-order valence-corrected chi connectivity index (χ0v) is 16.0. The van der Waals surface area contributed by atoms with E-state index in [9.17, 15) is 5.11 Å². The molecule has 0 amide bonds. The Bertz CT molecular complexity index is 882. The summed E-state index contributed by atoms with van der Waals surface area (Å²) in [6.07, 6.45) is 3.85. The van der Waals surface area contributed by atoms with E-state index >= 15 is 0 Å². The van der Waals surface area contributed by atoms with Gasteiger partial charge in [-0.1, -0.05) is 35.0 Å². The van der Waals surface area contributed by atoms with E-state index in [4.69, 9.17) is 4.52 Å². The molecular weight excluding hydrogens is 354 g/mol. The van der Waals surface area contributed by atoms with E-state index in [0.29, 0.717) is 5.82 Å². The Morgan fingerprint density at radius 3 is 2.75 bits per heavy atom. The number of anilines is 1. The van der Waals surface area contributed by atoms with Crippen LogP contribution in [0.3, 0.4) is 0 Å². The lowest BCUT2D eigenvalue weighted by atomic mass is 10.1. The number of rotatable bonds is 6. The normalized spacial score (nSPS) is 17.8. The standard InChI is InChI=1S/C21H25N5O2/c1-16-2-4-17(5-3-16)13-25-9-10-26(14-19(25)7-11-27)20-12-18(6-8-22-20)21-23-15-28-24-21/h2-6,8,12,15,19,27H,7,9-11,13-14H2,1H3/t19-/m1/s1. The minimum atomic E-state index is 0.180. The third-order valence-corrected chi connectivity index (χ3v) is 5.26. The topological polar surface area (TPSA) is 78.5 Å². The van der Waals surface area contributed by atoms with Crippen molar-refractivity contribution in [3.8, 4) is 11.4 Å². The second-order valence-electron chi connectivity index (χ2n) is 7.23. The van der Waals surface area contributed by atoms with Crippen LogP contribution in [0.25, 0.3) is 11.4 Å². The van der Waals surface area contributed by atoms with E-state index < -0.39 is 0 Å². The number of aromatic nitrogens is 3. The molecule has 0 radical (unpaired) electrons. The molecule has 1 aliphatic rings. The van der Waals surface area contributed by atoms with Crippen molar-refractivity contribution < 1.29 is 9.63 Å². The Hall–Kier alpha value is -2.77. The van der Waals surface area contributed by atoms with E-state index in [1.54, 1.807) is 6.20 Å². The number of benzene rings is 1. The van der Waals surface area contributed by atoms with Gasteiger partial charge in [0.2, 0.25) is 12.2 Å². The van der Waals surface area contributed by atoms with Gasteiger partial charge in [-0.3, -0.25) is 4.90 Å². The zero-order chi connectivity index (χ0) is 19.3. The van der Waals surface area contributed by atoms with Crippen molar-refractivity contribution in [3.63, 3.8) is 0 Å². The van der Waals surface area contributed by atoms with Gasteiger partial charge in [0.25, 0.3) is 0 Å². The highest BCUT2D eigenvalue weighted by molar-refractivity contribution is 5.59. The second kappa shape index (κ2) is 8.50. The van der Waals surface area contributed by atoms with Crippen LogP contribution < -0.4 is 4.90 Å². The van der Waals surface area contributed by atoms with Crippen LogP contribution in [-0.4, -0.2) is 57.4 Å². The maximum Gasteiger partial charge on any atom is 0.214 e. The second-order valence-corrected chi connectivity index (χ2v) is 7.23. The number of pyridine rings is 1. The van der Waals surface area contributed by atoms with Gasteiger partial charge < -0.3 is 14.5 Å². The van der Waals surface area contributed by atoms with Crippen LogP contribution in [0.2, 0.25) is 0 Å². The molecule has 0 bridgehead atoms. The molecule has 3 heterocycles. The van der Waals surface area contributed by atoms with Gasteiger partial charge in [-0.2, -0.15) is 4.98 Å². The minimum Gasteiger partial charge on any atom is -0.396 e. The first-order valence-electron chi connectivity index (χ1n) is 9.61. The third kappa shape index (κ3) is 4.21. The Kier molecular flexibility index (Phi) is 5.64. The molecule has 0 unspecified atom stereocenters. The molecule has 1 aromatic carbocycles. The molecule has 7 heteroatoms. The van der Waals surface area contributed by atoms with Crippen LogP contribution in [-0.2, 0) is 6.54 Å². The summed E-state index contributed by atoms with van der Waals surface area (Å²) in [6.45, 7) is 5.82. The molecular formula is C21H25N5O2. The lowest BCUT2D eigenvalue weighted by Gasteiger charge is -2.42. The Labute approximate surface area is 164 Å². The molecule has 3 aromatic rings. The Morgan fingerprint density at radius 2 is 2.00 bits per heavy atom. The van der Waals surface area contributed by atoms with Gasteiger partial charge in [0, 0.05) is 50.6 Å². The molecule has 1 atom stereocenters. The molecule has 0 aliphatic carbocycles. The van der Waals surface area contributed by atoms with E-state index in [0.717, 1.165) is 44.0 Å². The van der Waals surface area contributed by atoms with Gasteiger partial charge in [0.15, 0.2) is 0 Å². The summed E-state index contributed by atoms with van der Waals surface area (Å²) in [5.74, 6) is 1.47. The van der Waals surface area contributed by atoms with Crippen molar-refractivity contribution in [1.29, 1.82) is 0 Å². The SMILES string of the molecule is Cc1ccc(CN2CCN(c3cc(-c4ncon4)ccn3)C[C@H]2CCO)cc1. The molecule has 146 valence electrons. The van der Waals surface area contributed by atoms with Gasteiger partial charge >= 0.3 is 0 Å². The highest BCUT2D eigenvalue weighted by Gasteiger charge is 2.27. The maximum absolute atomic E-state index is 9.58. The molecule has 1 saturated heterocycles. The van der Waals surface area contributed by atoms with Gasteiger partial charge in [0.1, 0.15) is 5.82 Å². The maximum atomic E-state index is 9.58. The average Bonchev–Trinajstić information content (AvgIpc) is 3.26. The van der Waals surface area contributed by atoms with E-state index in [1.807, 2.05) is 12.1 Å². The number of nitrogens with zero attached hydrogens (tertiary/aromatic N) is 5. The fourth-order valence-corrected chi connectivity index (χ4v) is 3.69. The molecule has 1 fully saturated rings. The number of aliphatic hydroxyl groups is 1. The summed E-state index contributed by atoms with van der Waals surface area (Å²) in [6, 6.07) is 12.8. The summed E-state index contributed by atoms with van der Waals surface area (Å²) < 4.78 is 4.85. The summed E-state index contributed by atoms with van der Waals surface area (Å²) in [5, 5.41) is 13.5. The predicted octanol–water partition coefficient (Wildman–Crippen LogP) is 2.51. The summed E-state index contributed by atoms with van der Waals surface area (Å²) in [4.78, 5) is 13.4. The summed E-state index contributed by atoms with van der Waals surface area (Å²) in [7, 11) is 0. The fourth-order valence-electron chi connectivity index (χ4n) is 3.69. The van der Waals surface area contributed by atoms with Crippen LogP contribution >= 0.6 is 0 Å². The van der Waals surface area contributed by atoms with E-state index in [1.165, 1.54) is 17.5 Å². The number of aliphatic hydroxyl groups excluding tert-OH is 1. The fraction of sp³-hybridized carbons (Fsp3) is 0.381.